The van der Waals surface area contributed by atoms with Gasteiger partial charge in [0.05, 0.1) is 0 Å². The molecule has 1 N–H and O–H groups in total. The molecule has 2 rings (SSSR count). The molecule has 0 aromatic rings. The van der Waals surface area contributed by atoms with Crippen LogP contribution in [-0.4, -0.2) is 17.5 Å². The van der Waals surface area contributed by atoms with Gasteiger partial charge in [0.15, 0.2) is 0 Å². The van der Waals surface area contributed by atoms with E-state index >= 15 is 0 Å². The van der Waals surface area contributed by atoms with Crippen LogP contribution in [0.3, 0.4) is 0 Å². The Kier molecular flexibility index (Phi) is 4.12. The zero-order chi connectivity index (χ0) is 9.80. The quantitative estimate of drug-likeness (QED) is 0.550. The Hall–Kier alpha value is 0.250. The highest BCUT2D eigenvalue weighted by molar-refractivity contribution is 6.21. The molecule has 2 aliphatic carbocycles. The predicted octanol–water partition coefficient (Wildman–Crippen LogP) is 3.46. The average Bonchev–Trinajstić information content (AvgIpc) is 2.60. The molecule has 0 aliphatic heterocycles. The van der Waals surface area contributed by atoms with Crippen LogP contribution in [0.4, 0.5) is 0 Å². The Morgan fingerprint density at radius 3 is 2.21 bits per heavy atom. The molecular weight excluding hydrogens is 194 g/mol. The molecule has 0 amide bonds. The lowest BCUT2D eigenvalue weighted by Crippen LogP contribution is -2.41. The van der Waals surface area contributed by atoms with Gasteiger partial charge in [-0.1, -0.05) is 32.1 Å². The lowest BCUT2D eigenvalue weighted by atomic mass is 10.1. The summed E-state index contributed by atoms with van der Waals surface area (Å²) in [4.78, 5) is 0. The van der Waals surface area contributed by atoms with Gasteiger partial charge < -0.3 is 5.32 Å². The molecular formula is C12H22ClN. The molecule has 0 aromatic heterocycles. The van der Waals surface area contributed by atoms with Gasteiger partial charge in [0.2, 0.25) is 0 Å². The molecule has 2 heteroatoms. The van der Waals surface area contributed by atoms with Crippen LogP contribution in [0, 0.1) is 0 Å². The Balaban J connectivity index is 1.81. The van der Waals surface area contributed by atoms with Crippen molar-refractivity contribution >= 4 is 11.6 Å². The summed E-state index contributed by atoms with van der Waals surface area (Å²) in [7, 11) is 0. The second-order valence-corrected chi connectivity index (χ2v) is 5.47. The SMILES string of the molecule is ClC1CCCCCC1NC1CCCC1. The van der Waals surface area contributed by atoms with E-state index < -0.39 is 0 Å². The molecule has 2 aliphatic rings. The Morgan fingerprint density at radius 2 is 1.43 bits per heavy atom. The maximum absolute atomic E-state index is 6.40. The van der Waals surface area contributed by atoms with Gasteiger partial charge in [0.1, 0.15) is 0 Å². The molecule has 2 atom stereocenters. The third-order valence-electron chi connectivity index (χ3n) is 3.74. The van der Waals surface area contributed by atoms with Crippen molar-refractivity contribution in [3.63, 3.8) is 0 Å². The third kappa shape index (κ3) is 2.87. The standard InChI is InChI=1S/C12H22ClN/c13-11-8-2-1-3-9-12(11)14-10-6-4-5-7-10/h10-12,14H,1-9H2. The van der Waals surface area contributed by atoms with Crippen LogP contribution in [0.25, 0.3) is 0 Å². The van der Waals surface area contributed by atoms with Crippen LogP contribution in [0.15, 0.2) is 0 Å². The van der Waals surface area contributed by atoms with E-state index in [1.54, 1.807) is 0 Å². The molecule has 0 heterocycles. The fourth-order valence-corrected chi connectivity index (χ4v) is 3.20. The monoisotopic (exact) mass is 215 g/mol. The van der Waals surface area contributed by atoms with Gasteiger partial charge >= 0.3 is 0 Å². The minimum absolute atomic E-state index is 0.387. The van der Waals surface area contributed by atoms with Gasteiger partial charge in [-0.05, 0) is 25.7 Å². The van der Waals surface area contributed by atoms with Crippen LogP contribution < -0.4 is 5.32 Å². The number of hydrogen-bond donors (Lipinski definition) is 1. The second-order valence-electron chi connectivity index (χ2n) is 4.91. The predicted molar refractivity (Wildman–Crippen MR) is 61.9 cm³/mol. The van der Waals surface area contributed by atoms with E-state index in [0.29, 0.717) is 11.4 Å². The molecule has 2 fully saturated rings. The minimum Gasteiger partial charge on any atom is -0.310 e. The molecule has 0 spiro atoms. The summed E-state index contributed by atoms with van der Waals surface area (Å²) in [6.07, 6.45) is 12.2. The van der Waals surface area contributed by atoms with Crippen molar-refractivity contribution in [2.24, 2.45) is 0 Å². The van der Waals surface area contributed by atoms with E-state index in [9.17, 15) is 0 Å². The van der Waals surface area contributed by atoms with Crippen molar-refractivity contribution in [3.8, 4) is 0 Å². The van der Waals surface area contributed by atoms with Crippen molar-refractivity contribution < 1.29 is 0 Å². The summed E-state index contributed by atoms with van der Waals surface area (Å²) in [5.41, 5.74) is 0. The number of halogens is 1. The van der Waals surface area contributed by atoms with Gasteiger partial charge in [0, 0.05) is 17.5 Å². The molecule has 0 saturated heterocycles. The molecule has 1 nitrogen and oxygen atoms in total. The topological polar surface area (TPSA) is 12.0 Å². The average molecular weight is 216 g/mol. The largest absolute Gasteiger partial charge is 0.310 e. The van der Waals surface area contributed by atoms with Crippen LogP contribution in [0.1, 0.15) is 57.8 Å². The first kappa shape index (κ1) is 10.8. The Morgan fingerprint density at radius 1 is 0.786 bits per heavy atom. The highest BCUT2D eigenvalue weighted by atomic mass is 35.5. The first-order valence-electron chi connectivity index (χ1n) is 6.26. The van der Waals surface area contributed by atoms with Crippen molar-refractivity contribution in [1.29, 1.82) is 0 Å². The number of nitrogens with one attached hydrogen (secondary N) is 1. The second kappa shape index (κ2) is 5.37. The molecule has 2 saturated carbocycles. The lowest BCUT2D eigenvalue weighted by Gasteiger charge is -2.25. The molecule has 2 unspecified atom stereocenters. The summed E-state index contributed by atoms with van der Waals surface area (Å²) < 4.78 is 0. The van der Waals surface area contributed by atoms with E-state index in [-0.39, 0.29) is 0 Å². The van der Waals surface area contributed by atoms with Crippen molar-refractivity contribution in [1.82, 2.24) is 5.32 Å². The normalized spacial score (nSPS) is 35.8. The molecule has 0 aromatic carbocycles. The third-order valence-corrected chi connectivity index (χ3v) is 4.26. The van der Waals surface area contributed by atoms with Crippen LogP contribution in [0.2, 0.25) is 0 Å². The van der Waals surface area contributed by atoms with E-state index in [1.807, 2.05) is 0 Å². The van der Waals surface area contributed by atoms with Gasteiger partial charge in [-0.3, -0.25) is 0 Å². The maximum atomic E-state index is 6.40. The number of alkyl halides is 1. The highest BCUT2D eigenvalue weighted by Crippen LogP contribution is 2.25. The van der Waals surface area contributed by atoms with E-state index in [1.165, 1.54) is 57.8 Å². The zero-order valence-corrected chi connectivity index (χ0v) is 9.73. The lowest BCUT2D eigenvalue weighted by molar-refractivity contribution is 0.400. The molecule has 14 heavy (non-hydrogen) atoms. The zero-order valence-electron chi connectivity index (χ0n) is 8.97. The summed E-state index contributed by atoms with van der Waals surface area (Å²) in [6.45, 7) is 0. The van der Waals surface area contributed by atoms with Crippen LogP contribution >= 0.6 is 11.6 Å². The minimum atomic E-state index is 0.387. The van der Waals surface area contributed by atoms with Crippen LogP contribution in [-0.2, 0) is 0 Å². The molecule has 82 valence electrons. The fourth-order valence-electron chi connectivity index (χ4n) is 2.85. The highest BCUT2D eigenvalue weighted by Gasteiger charge is 2.25. The van der Waals surface area contributed by atoms with Gasteiger partial charge in [-0.15, -0.1) is 11.6 Å². The summed E-state index contributed by atoms with van der Waals surface area (Å²) in [6, 6.07) is 1.38. The summed E-state index contributed by atoms with van der Waals surface area (Å²) in [5, 5.41) is 4.16. The first-order chi connectivity index (χ1) is 6.86. The van der Waals surface area contributed by atoms with Gasteiger partial charge in [-0.25, -0.2) is 0 Å². The number of rotatable bonds is 2. The van der Waals surface area contributed by atoms with Gasteiger partial charge in [0.25, 0.3) is 0 Å². The maximum Gasteiger partial charge on any atom is 0.0489 e. The van der Waals surface area contributed by atoms with E-state index in [0.717, 1.165) is 6.04 Å². The molecule has 0 bridgehead atoms. The Labute approximate surface area is 92.6 Å². The van der Waals surface area contributed by atoms with Crippen molar-refractivity contribution in [2.75, 3.05) is 0 Å². The Bertz CT molecular complexity index is 166. The smallest absolute Gasteiger partial charge is 0.0489 e. The molecule has 0 radical (unpaired) electrons. The van der Waals surface area contributed by atoms with Gasteiger partial charge in [-0.2, -0.15) is 0 Å². The fraction of sp³-hybridized carbons (Fsp3) is 1.00. The van der Waals surface area contributed by atoms with Crippen molar-refractivity contribution in [2.45, 2.75) is 75.2 Å². The summed E-state index contributed by atoms with van der Waals surface area (Å²) in [5.74, 6) is 0. The first-order valence-corrected chi connectivity index (χ1v) is 6.70. The van der Waals surface area contributed by atoms with E-state index in [2.05, 4.69) is 5.32 Å². The van der Waals surface area contributed by atoms with Crippen LogP contribution in [0.5, 0.6) is 0 Å². The van der Waals surface area contributed by atoms with E-state index in [4.69, 9.17) is 11.6 Å². The summed E-state index contributed by atoms with van der Waals surface area (Å²) >= 11 is 6.40. The number of hydrogen-bond acceptors (Lipinski definition) is 1. The van der Waals surface area contributed by atoms with Crippen molar-refractivity contribution in [3.05, 3.63) is 0 Å².